The first-order valence-electron chi connectivity index (χ1n) is 7.58. The number of carbonyl (C=O) groups is 3. The predicted octanol–water partition coefficient (Wildman–Crippen LogP) is 1.04. The lowest BCUT2D eigenvalue weighted by molar-refractivity contribution is -0.144. The molecule has 1 aliphatic heterocycles. The van der Waals surface area contributed by atoms with Gasteiger partial charge in [-0.2, -0.15) is 8.42 Å². The van der Waals surface area contributed by atoms with Crippen LogP contribution >= 0.6 is 0 Å². The second-order valence-electron chi connectivity index (χ2n) is 6.41. The summed E-state index contributed by atoms with van der Waals surface area (Å²) in [5.74, 6) is -1.05. The van der Waals surface area contributed by atoms with Crippen molar-refractivity contribution in [1.82, 2.24) is 4.90 Å². The Hall–Kier alpha value is -1.88. The maximum absolute atomic E-state index is 12.3. The number of esters is 1. The Bertz CT molecular complexity index is 623. The van der Waals surface area contributed by atoms with Gasteiger partial charge in [-0.25, -0.2) is 14.4 Å². The monoisotopic (exact) mass is 381 g/mol. The van der Waals surface area contributed by atoms with E-state index >= 15 is 0 Å². The molecule has 1 heterocycles. The van der Waals surface area contributed by atoms with Gasteiger partial charge in [0.2, 0.25) is 0 Å². The van der Waals surface area contributed by atoms with Crippen LogP contribution in [0.25, 0.3) is 0 Å². The van der Waals surface area contributed by atoms with Gasteiger partial charge in [0.25, 0.3) is 10.1 Å². The van der Waals surface area contributed by atoms with Gasteiger partial charge in [0.1, 0.15) is 11.6 Å². The van der Waals surface area contributed by atoms with E-state index in [9.17, 15) is 22.8 Å². The Labute approximate surface area is 146 Å². The van der Waals surface area contributed by atoms with E-state index in [-0.39, 0.29) is 19.6 Å². The molecule has 10 nitrogen and oxygen atoms in total. The zero-order valence-corrected chi connectivity index (χ0v) is 15.6. The van der Waals surface area contributed by atoms with E-state index < -0.39 is 46.1 Å². The summed E-state index contributed by atoms with van der Waals surface area (Å²) in [5, 5.41) is 0. The molecule has 1 fully saturated rings. The summed E-state index contributed by atoms with van der Waals surface area (Å²) in [5.41, 5.74) is -0.831. The fraction of sp³-hybridized carbons (Fsp3) is 0.786. The van der Waals surface area contributed by atoms with Gasteiger partial charge in [-0.15, -0.1) is 0 Å². The van der Waals surface area contributed by atoms with Crippen LogP contribution < -0.4 is 0 Å². The standard InChI is InChI=1S/C14H23NO9S/c1-6-21-13(18)22-11(16)10-7-9(24-25(5,19)20)8-15(10)12(17)23-14(2,3)4/h9-10H,6-8H2,1-5H3/t9-,10+/m1/s1. The fourth-order valence-corrected chi connectivity index (χ4v) is 2.79. The quantitative estimate of drug-likeness (QED) is 0.399. The maximum atomic E-state index is 12.3. The molecule has 0 N–H and O–H groups in total. The number of hydrogen-bond acceptors (Lipinski definition) is 9. The van der Waals surface area contributed by atoms with Gasteiger partial charge in [-0.3, -0.25) is 9.08 Å². The number of carbonyl (C=O) groups excluding carboxylic acids is 3. The number of ether oxygens (including phenoxy) is 3. The Morgan fingerprint density at radius 1 is 1.20 bits per heavy atom. The maximum Gasteiger partial charge on any atom is 0.516 e. The molecule has 0 aromatic rings. The average Bonchev–Trinajstić information content (AvgIpc) is 2.78. The molecule has 25 heavy (non-hydrogen) atoms. The molecule has 0 saturated carbocycles. The highest BCUT2D eigenvalue weighted by Gasteiger charge is 2.44. The molecule has 2 atom stereocenters. The van der Waals surface area contributed by atoms with Crippen LogP contribution in [0.4, 0.5) is 9.59 Å². The first-order valence-corrected chi connectivity index (χ1v) is 9.40. The smallest absolute Gasteiger partial charge is 0.444 e. The van der Waals surface area contributed by atoms with Crippen LogP contribution in [0.1, 0.15) is 34.1 Å². The first kappa shape index (κ1) is 21.2. The number of hydrogen-bond donors (Lipinski definition) is 0. The van der Waals surface area contributed by atoms with E-state index in [4.69, 9.17) is 8.92 Å². The van der Waals surface area contributed by atoms with Gasteiger partial charge in [0, 0.05) is 6.42 Å². The molecular weight excluding hydrogens is 358 g/mol. The van der Waals surface area contributed by atoms with Gasteiger partial charge in [0.15, 0.2) is 0 Å². The Morgan fingerprint density at radius 2 is 1.80 bits per heavy atom. The Kier molecular flexibility index (Phi) is 6.77. The van der Waals surface area contributed by atoms with Gasteiger partial charge in [0.05, 0.1) is 25.5 Å². The largest absolute Gasteiger partial charge is 0.516 e. The fourth-order valence-electron chi connectivity index (χ4n) is 2.16. The van der Waals surface area contributed by atoms with Gasteiger partial charge in [-0.05, 0) is 27.7 Å². The highest BCUT2D eigenvalue weighted by atomic mass is 32.2. The van der Waals surface area contributed by atoms with Crippen LogP contribution in [0.3, 0.4) is 0 Å². The summed E-state index contributed by atoms with van der Waals surface area (Å²) < 4.78 is 41.6. The molecule has 0 unspecified atom stereocenters. The summed E-state index contributed by atoms with van der Waals surface area (Å²) >= 11 is 0. The third-order valence-electron chi connectivity index (χ3n) is 2.92. The summed E-state index contributed by atoms with van der Waals surface area (Å²) in [4.78, 5) is 36.7. The average molecular weight is 381 g/mol. The molecule has 1 saturated heterocycles. The zero-order chi connectivity index (χ0) is 19.4. The van der Waals surface area contributed by atoms with Crippen molar-refractivity contribution < 1.29 is 41.2 Å². The van der Waals surface area contributed by atoms with E-state index in [0.717, 1.165) is 11.2 Å². The minimum atomic E-state index is -3.80. The van der Waals surface area contributed by atoms with E-state index in [1.54, 1.807) is 20.8 Å². The summed E-state index contributed by atoms with van der Waals surface area (Å²) in [7, 11) is -3.80. The van der Waals surface area contributed by atoms with Crippen molar-refractivity contribution in [3.05, 3.63) is 0 Å². The molecule has 1 rings (SSSR count). The molecule has 0 aromatic heterocycles. The number of nitrogens with zero attached hydrogens (tertiary/aromatic N) is 1. The number of amides is 1. The molecule has 0 aliphatic carbocycles. The third-order valence-corrected chi connectivity index (χ3v) is 3.54. The van der Waals surface area contributed by atoms with Crippen molar-refractivity contribution in [2.45, 2.75) is 51.9 Å². The first-order chi connectivity index (χ1) is 11.3. The van der Waals surface area contributed by atoms with Crippen molar-refractivity contribution in [2.75, 3.05) is 19.4 Å². The topological polar surface area (TPSA) is 126 Å². The lowest BCUT2D eigenvalue weighted by Gasteiger charge is -2.27. The number of rotatable bonds is 4. The molecule has 1 aliphatic rings. The SMILES string of the molecule is CCOC(=O)OC(=O)[C@@H]1C[C@@H](OS(C)(=O)=O)CN1C(=O)OC(C)(C)C. The van der Waals surface area contributed by atoms with Crippen molar-refractivity contribution in [2.24, 2.45) is 0 Å². The Balaban J connectivity index is 2.92. The van der Waals surface area contributed by atoms with Crippen molar-refractivity contribution >= 4 is 28.3 Å². The lowest BCUT2D eigenvalue weighted by Crippen LogP contribution is -2.44. The molecule has 0 bridgehead atoms. The van der Waals surface area contributed by atoms with Gasteiger partial charge in [-0.1, -0.05) is 0 Å². The van der Waals surface area contributed by atoms with E-state index in [1.165, 1.54) is 6.92 Å². The van der Waals surface area contributed by atoms with Gasteiger partial charge < -0.3 is 14.2 Å². The van der Waals surface area contributed by atoms with Gasteiger partial charge >= 0.3 is 18.2 Å². The highest BCUT2D eigenvalue weighted by molar-refractivity contribution is 7.86. The molecule has 11 heteroatoms. The summed E-state index contributed by atoms with van der Waals surface area (Å²) in [6, 6.07) is -1.23. The highest BCUT2D eigenvalue weighted by Crippen LogP contribution is 2.25. The lowest BCUT2D eigenvalue weighted by atomic mass is 10.2. The minimum absolute atomic E-state index is 0.00632. The zero-order valence-electron chi connectivity index (χ0n) is 14.8. The summed E-state index contributed by atoms with van der Waals surface area (Å²) in [6.45, 7) is 6.24. The van der Waals surface area contributed by atoms with Crippen LogP contribution in [-0.2, 0) is 33.3 Å². The van der Waals surface area contributed by atoms with Crippen molar-refractivity contribution in [1.29, 1.82) is 0 Å². The van der Waals surface area contributed by atoms with E-state index in [0.29, 0.717) is 0 Å². The second kappa shape index (κ2) is 8.00. The van der Waals surface area contributed by atoms with Crippen molar-refractivity contribution in [3.8, 4) is 0 Å². The predicted molar refractivity (Wildman–Crippen MR) is 84.2 cm³/mol. The van der Waals surface area contributed by atoms with E-state index in [1.807, 2.05) is 0 Å². The van der Waals surface area contributed by atoms with Crippen LogP contribution in [0.15, 0.2) is 0 Å². The minimum Gasteiger partial charge on any atom is -0.444 e. The molecule has 1 amide bonds. The Morgan fingerprint density at radius 3 is 2.28 bits per heavy atom. The van der Waals surface area contributed by atoms with Crippen LogP contribution in [0.5, 0.6) is 0 Å². The molecule has 0 radical (unpaired) electrons. The summed E-state index contributed by atoms with van der Waals surface area (Å²) in [6.07, 6.45) is -2.32. The molecule has 144 valence electrons. The van der Waals surface area contributed by atoms with E-state index in [2.05, 4.69) is 9.47 Å². The molecule has 0 spiro atoms. The third kappa shape index (κ3) is 7.26. The normalized spacial score (nSPS) is 20.9. The van der Waals surface area contributed by atoms with Crippen LogP contribution in [0, 0.1) is 0 Å². The molecule has 0 aromatic carbocycles. The number of likely N-dealkylation sites (tertiary alicyclic amines) is 1. The van der Waals surface area contributed by atoms with Crippen LogP contribution in [-0.4, -0.2) is 68.7 Å². The van der Waals surface area contributed by atoms with Crippen molar-refractivity contribution in [3.63, 3.8) is 0 Å². The van der Waals surface area contributed by atoms with Crippen LogP contribution in [0.2, 0.25) is 0 Å². The molecular formula is C14H23NO9S. The second-order valence-corrected chi connectivity index (χ2v) is 8.01.